The van der Waals surface area contributed by atoms with Crippen LogP contribution in [0.2, 0.25) is 0 Å². The van der Waals surface area contributed by atoms with Crippen molar-refractivity contribution in [2.45, 2.75) is 6.18 Å². The topological polar surface area (TPSA) is 107 Å². The molecule has 36 heavy (non-hydrogen) atoms. The molecule has 0 bridgehead atoms. The van der Waals surface area contributed by atoms with Crippen molar-refractivity contribution in [2.24, 2.45) is 0 Å². The zero-order valence-corrected chi connectivity index (χ0v) is 18.0. The highest BCUT2D eigenvalue weighted by Gasteiger charge is 2.31. The molecule has 2 aromatic carbocycles. The van der Waals surface area contributed by atoms with Gasteiger partial charge in [0.1, 0.15) is 16.8 Å². The van der Waals surface area contributed by atoms with Crippen LogP contribution >= 0.6 is 0 Å². The van der Waals surface area contributed by atoms with Crippen LogP contribution in [0.3, 0.4) is 0 Å². The van der Waals surface area contributed by atoms with Crippen LogP contribution in [-0.2, 0) is 6.18 Å². The number of benzene rings is 2. The summed E-state index contributed by atoms with van der Waals surface area (Å²) in [7, 11) is 0. The number of aromatic nitrogens is 4. The summed E-state index contributed by atoms with van der Waals surface area (Å²) in [4.78, 5) is 26.0. The number of nitrogens with zero attached hydrogens (tertiary/aromatic N) is 4. The predicted molar refractivity (Wildman–Crippen MR) is 123 cm³/mol. The quantitative estimate of drug-likeness (QED) is 0.345. The van der Waals surface area contributed by atoms with E-state index in [1.165, 1.54) is 47.3 Å². The summed E-state index contributed by atoms with van der Waals surface area (Å²) >= 11 is 0. The Morgan fingerprint density at radius 3 is 2.47 bits per heavy atom. The molecule has 4 aromatic heterocycles. The highest BCUT2D eigenvalue weighted by atomic mass is 19.4. The predicted octanol–water partition coefficient (Wildman–Crippen LogP) is 5.57. The number of phenols is 1. The Kier molecular flexibility index (Phi) is 4.68. The monoisotopic (exact) mass is 490 g/mol. The molecule has 0 amide bonds. The summed E-state index contributed by atoms with van der Waals surface area (Å²) in [6.07, 6.45) is -1.56. The minimum atomic E-state index is -4.52. The summed E-state index contributed by atoms with van der Waals surface area (Å²) in [6, 6.07) is 13.7. The number of phenolic OH excluding ortho intramolecular Hbond substituents is 1. The summed E-state index contributed by atoms with van der Waals surface area (Å²) in [5, 5.41) is 10.3. The maximum Gasteiger partial charge on any atom is 0.416 e. The van der Waals surface area contributed by atoms with E-state index in [1.807, 2.05) is 0 Å². The van der Waals surface area contributed by atoms with E-state index in [9.17, 15) is 23.1 Å². The van der Waals surface area contributed by atoms with Crippen molar-refractivity contribution in [1.29, 1.82) is 0 Å². The van der Waals surface area contributed by atoms with Crippen LogP contribution in [0.15, 0.2) is 86.7 Å². The van der Waals surface area contributed by atoms with Gasteiger partial charge in [-0.05, 0) is 36.4 Å². The van der Waals surface area contributed by atoms with Crippen molar-refractivity contribution in [3.63, 3.8) is 0 Å². The molecule has 0 saturated carbocycles. The van der Waals surface area contributed by atoms with Gasteiger partial charge < -0.3 is 13.9 Å². The van der Waals surface area contributed by atoms with Gasteiger partial charge in [-0.15, -0.1) is 0 Å². The SMILES string of the molecule is O=c1c2ncccc2ccn1-c1nc(-c2nc3cc(O)ccc3o2)oc1-c1ccc(C(F)(F)F)cc1. The van der Waals surface area contributed by atoms with Crippen molar-refractivity contribution in [3.05, 3.63) is 89.0 Å². The molecular formula is C25H13F3N4O4. The molecule has 0 aliphatic heterocycles. The number of oxazole rings is 2. The van der Waals surface area contributed by atoms with Crippen LogP contribution in [0.25, 0.3) is 50.9 Å². The van der Waals surface area contributed by atoms with Gasteiger partial charge in [0.25, 0.3) is 17.3 Å². The van der Waals surface area contributed by atoms with Crippen LogP contribution < -0.4 is 5.56 Å². The molecule has 0 saturated heterocycles. The third kappa shape index (κ3) is 3.57. The zero-order valence-electron chi connectivity index (χ0n) is 18.0. The molecule has 6 rings (SSSR count). The maximum atomic E-state index is 13.2. The first-order chi connectivity index (χ1) is 17.3. The molecule has 4 heterocycles. The molecule has 0 aliphatic rings. The van der Waals surface area contributed by atoms with Crippen molar-refractivity contribution in [1.82, 2.24) is 19.5 Å². The first-order valence-corrected chi connectivity index (χ1v) is 10.5. The van der Waals surface area contributed by atoms with E-state index < -0.39 is 17.3 Å². The Labute approximate surface area is 198 Å². The summed E-state index contributed by atoms with van der Waals surface area (Å²) in [5.41, 5.74) is -0.209. The average Bonchev–Trinajstić information content (AvgIpc) is 3.48. The molecule has 0 spiro atoms. The van der Waals surface area contributed by atoms with Crippen molar-refractivity contribution in [3.8, 4) is 34.7 Å². The first kappa shape index (κ1) is 21.6. The Morgan fingerprint density at radius 2 is 1.69 bits per heavy atom. The summed E-state index contributed by atoms with van der Waals surface area (Å²) in [5.74, 6) is -0.115. The molecule has 178 valence electrons. The first-order valence-electron chi connectivity index (χ1n) is 10.5. The third-order valence-electron chi connectivity index (χ3n) is 5.53. The Bertz CT molecular complexity index is 1820. The molecule has 11 heteroatoms. The Hall–Kier alpha value is -4.93. The molecule has 0 aliphatic carbocycles. The Morgan fingerprint density at radius 1 is 0.917 bits per heavy atom. The number of rotatable bonds is 3. The number of hydrogen-bond acceptors (Lipinski definition) is 7. The summed E-state index contributed by atoms with van der Waals surface area (Å²) in [6.45, 7) is 0. The molecule has 6 aromatic rings. The smallest absolute Gasteiger partial charge is 0.416 e. The third-order valence-corrected chi connectivity index (χ3v) is 5.53. The van der Waals surface area contributed by atoms with E-state index in [-0.39, 0.29) is 40.2 Å². The molecule has 8 nitrogen and oxygen atoms in total. The Balaban J connectivity index is 1.56. The van der Waals surface area contributed by atoms with E-state index >= 15 is 0 Å². The minimum Gasteiger partial charge on any atom is -0.508 e. The lowest BCUT2D eigenvalue weighted by atomic mass is 10.1. The number of pyridine rings is 2. The fourth-order valence-electron chi connectivity index (χ4n) is 3.81. The average molecular weight is 490 g/mol. The normalized spacial score (nSPS) is 12.0. The number of halogens is 3. The van der Waals surface area contributed by atoms with Gasteiger partial charge in [0, 0.05) is 29.4 Å². The van der Waals surface area contributed by atoms with Gasteiger partial charge in [-0.1, -0.05) is 18.2 Å². The lowest BCUT2D eigenvalue weighted by Crippen LogP contribution is -2.19. The van der Waals surface area contributed by atoms with Crippen molar-refractivity contribution in [2.75, 3.05) is 0 Å². The van der Waals surface area contributed by atoms with E-state index in [1.54, 1.807) is 18.2 Å². The molecule has 0 unspecified atom stereocenters. The molecule has 0 atom stereocenters. The zero-order chi connectivity index (χ0) is 25.0. The lowest BCUT2D eigenvalue weighted by Gasteiger charge is -2.08. The lowest BCUT2D eigenvalue weighted by molar-refractivity contribution is -0.137. The number of alkyl halides is 3. The van der Waals surface area contributed by atoms with Crippen LogP contribution in [0.1, 0.15) is 5.56 Å². The fraction of sp³-hybridized carbons (Fsp3) is 0.0400. The van der Waals surface area contributed by atoms with Gasteiger partial charge >= 0.3 is 6.18 Å². The minimum absolute atomic E-state index is 0.0175. The maximum absolute atomic E-state index is 13.2. The number of aromatic hydroxyl groups is 1. The molecule has 1 N–H and O–H groups in total. The second-order valence-electron chi connectivity index (χ2n) is 7.85. The van der Waals surface area contributed by atoms with Crippen LogP contribution in [0, 0.1) is 0 Å². The van der Waals surface area contributed by atoms with Gasteiger partial charge in [0.15, 0.2) is 17.2 Å². The fourth-order valence-corrected chi connectivity index (χ4v) is 3.81. The van der Waals surface area contributed by atoms with Gasteiger partial charge in [0.2, 0.25) is 0 Å². The van der Waals surface area contributed by atoms with Gasteiger partial charge in [0.05, 0.1) is 5.56 Å². The number of hydrogen-bond donors (Lipinski definition) is 1. The number of fused-ring (bicyclic) bond motifs is 2. The van der Waals surface area contributed by atoms with E-state index in [4.69, 9.17) is 8.83 Å². The second kappa shape index (κ2) is 7.80. The van der Waals surface area contributed by atoms with Gasteiger partial charge in [-0.2, -0.15) is 18.2 Å². The molecule has 0 fully saturated rings. The van der Waals surface area contributed by atoms with Crippen LogP contribution in [-0.4, -0.2) is 24.6 Å². The second-order valence-corrected chi connectivity index (χ2v) is 7.85. The van der Waals surface area contributed by atoms with Crippen molar-refractivity contribution < 1.29 is 27.1 Å². The van der Waals surface area contributed by atoms with Crippen LogP contribution in [0.4, 0.5) is 13.2 Å². The van der Waals surface area contributed by atoms with Crippen LogP contribution in [0.5, 0.6) is 5.75 Å². The summed E-state index contributed by atoms with van der Waals surface area (Å²) < 4.78 is 52.1. The van der Waals surface area contributed by atoms with Crippen molar-refractivity contribution >= 4 is 22.0 Å². The molecular weight excluding hydrogens is 477 g/mol. The van der Waals surface area contributed by atoms with Gasteiger partial charge in [-0.25, -0.2) is 4.98 Å². The van der Waals surface area contributed by atoms with Gasteiger partial charge in [-0.3, -0.25) is 14.3 Å². The van der Waals surface area contributed by atoms with E-state index in [0.29, 0.717) is 16.5 Å². The largest absolute Gasteiger partial charge is 0.508 e. The standard InChI is InChI=1S/C25H13F3N4O4/c26-25(27,28)15-5-3-14(4-6-15)20-21(32-11-9-13-2-1-10-29-19(13)24(32)34)31-23(36-20)22-30-17-12-16(33)7-8-18(17)35-22/h1-12,33H. The highest BCUT2D eigenvalue weighted by Crippen LogP contribution is 2.35. The van der Waals surface area contributed by atoms with E-state index in [0.717, 1.165) is 12.1 Å². The molecule has 0 radical (unpaired) electrons. The van der Waals surface area contributed by atoms with E-state index in [2.05, 4.69) is 15.0 Å². The highest BCUT2D eigenvalue weighted by molar-refractivity contribution is 5.79.